The molecule has 3 aromatic rings. The summed E-state index contributed by atoms with van der Waals surface area (Å²) in [6, 6.07) is 12.0. The first-order valence-electron chi connectivity index (χ1n) is 10.6. The molecule has 0 spiro atoms. The SMILES string of the molecule is C/C=C\C(=C(C)C)c1cc(Oc2cccc(C(=O)NCc3cc(F)cc(F)c3)c2C)ccn1. The molecule has 0 saturated heterocycles. The molecule has 0 fully saturated rings. The van der Waals surface area contributed by atoms with E-state index in [-0.39, 0.29) is 12.5 Å². The first-order valence-corrected chi connectivity index (χ1v) is 10.6. The molecule has 1 N–H and O–H groups in total. The second-order valence-electron chi connectivity index (χ2n) is 7.78. The number of halogens is 2. The van der Waals surface area contributed by atoms with E-state index in [4.69, 9.17) is 4.74 Å². The molecule has 3 rings (SSSR count). The van der Waals surface area contributed by atoms with Gasteiger partial charge in [0, 0.05) is 36.0 Å². The van der Waals surface area contributed by atoms with Crippen LogP contribution in [0.4, 0.5) is 8.78 Å². The Morgan fingerprint density at radius 1 is 1.09 bits per heavy atom. The zero-order valence-electron chi connectivity index (χ0n) is 19.1. The van der Waals surface area contributed by atoms with Crippen LogP contribution in [0.1, 0.15) is 48.0 Å². The summed E-state index contributed by atoms with van der Waals surface area (Å²) < 4.78 is 32.8. The van der Waals surface area contributed by atoms with Crippen LogP contribution in [0.2, 0.25) is 0 Å². The molecule has 6 heteroatoms. The molecule has 33 heavy (non-hydrogen) atoms. The lowest BCUT2D eigenvalue weighted by atomic mass is 10.1. The lowest BCUT2D eigenvalue weighted by Gasteiger charge is -2.14. The predicted molar refractivity (Wildman–Crippen MR) is 126 cm³/mol. The van der Waals surface area contributed by atoms with Gasteiger partial charge in [-0.2, -0.15) is 0 Å². The highest BCUT2D eigenvalue weighted by atomic mass is 19.1. The number of aromatic nitrogens is 1. The van der Waals surface area contributed by atoms with Crippen molar-refractivity contribution in [1.29, 1.82) is 0 Å². The monoisotopic (exact) mass is 448 g/mol. The van der Waals surface area contributed by atoms with Crippen molar-refractivity contribution in [2.75, 3.05) is 0 Å². The number of carbonyl (C=O) groups excluding carboxylic acids is 1. The van der Waals surface area contributed by atoms with Crippen molar-refractivity contribution in [1.82, 2.24) is 10.3 Å². The van der Waals surface area contributed by atoms with Gasteiger partial charge in [0.1, 0.15) is 23.1 Å². The molecule has 170 valence electrons. The summed E-state index contributed by atoms with van der Waals surface area (Å²) in [5.74, 6) is -0.611. The van der Waals surface area contributed by atoms with Crippen molar-refractivity contribution in [3.05, 3.63) is 106 Å². The average Bonchev–Trinajstić information content (AvgIpc) is 2.76. The number of rotatable bonds is 7. The molecule has 0 unspecified atom stereocenters. The number of nitrogens with one attached hydrogen (secondary N) is 1. The molecular formula is C27H26F2N2O2. The Kier molecular flexibility index (Phi) is 7.72. The van der Waals surface area contributed by atoms with Crippen LogP contribution in [-0.2, 0) is 6.54 Å². The molecule has 0 bridgehead atoms. The maximum atomic E-state index is 13.4. The minimum absolute atomic E-state index is 0.00216. The molecule has 0 atom stereocenters. The maximum Gasteiger partial charge on any atom is 0.251 e. The molecule has 0 aliphatic carbocycles. The maximum absolute atomic E-state index is 13.4. The van der Waals surface area contributed by atoms with E-state index in [1.54, 1.807) is 37.4 Å². The van der Waals surface area contributed by atoms with Gasteiger partial charge in [-0.05, 0) is 69.2 Å². The molecule has 1 heterocycles. The van der Waals surface area contributed by atoms with Crippen molar-refractivity contribution in [3.63, 3.8) is 0 Å². The Labute approximate surface area is 192 Å². The molecule has 0 aliphatic rings. The summed E-state index contributed by atoms with van der Waals surface area (Å²) >= 11 is 0. The number of hydrogen-bond donors (Lipinski definition) is 1. The average molecular weight is 449 g/mol. The van der Waals surface area contributed by atoms with Crippen LogP contribution in [0.25, 0.3) is 5.57 Å². The van der Waals surface area contributed by atoms with Crippen LogP contribution in [0.15, 0.2) is 72.5 Å². The van der Waals surface area contributed by atoms with Crippen molar-refractivity contribution in [2.24, 2.45) is 0 Å². The van der Waals surface area contributed by atoms with Crippen molar-refractivity contribution in [3.8, 4) is 11.5 Å². The van der Waals surface area contributed by atoms with Crippen LogP contribution in [0.5, 0.6) is 11.5 Å². The molecule has 1 amide bonds. The summed E-state index contributed by atoms with van der Waals surface area (Å²) in [5.41, 5.74) is 4.34. The molecule has 1 aromatic heterocycles. The molecular weight excluding hydrogens is 422 g/mol. The third-order valence-electron chi connectivity index (χ3n) is 5.01. The van der Waals surface area contributed by atoms with Crippen LogP contribution >= 0.6 is 0 Å². The molecule has 0 radical (unpaired) electrons. The molecule has 2 aromatic carbocycles. The third kappa shape index (κ3) is 6.13. The Morgan fingerprint density at radius 3 is 2.48 bits per heavy atom. The Balaban J connectivity index is 1.79. The number of ether oxygens (including phenoxy) is 1. The van der Waals surface area contributed by atoms with Gasteiger partial charge in [0.2, 0.25) is 0 Å². The second kappa shape index (κ2) is 10.7. The number of hydrogen-bond acceptors (Lipinski definition) is 3. The molecule has 4 nitrogen and oxygen atoms in total. The fraction of sp³-hybridized carbons (Fsp3) is 0.185. The van der Waals surface area contributed by atoms with E-state index in [0.717, 1.165) is 22.9 Å². The number of benzene rings is 2. The van der Waals surface area contributed by atoms with Crippen molar-refractivity contribution in [2.45, 2.75) is 34.2 Å². The lowest BCUT2D eigenvalue weighted by Crippen LogP contribution is -2.23. The number of nitrogens with zero attached hydrogens (tertiary/aromatic N) is 1. The van der Waals surface area contributed by atoms with E-state index in [1.807, 2.05) is 39.0 Å². The van der Waals surface area contributed by atoms with Crippen LogP contribution in [0, 0.1) is 18.6 Å². The second-order valence-corrected chi connectivity index (χ2v) is 7.78. The summed E-state index contributed by atoms with van der Waals surface area (Å²) in [6.07, 6.45) is 5.64. The summed E-state index contributed by atoms with van der Waals surface area (Å²) in [5, 5.41) is 2.70. The van der Waals surface area contributed by atoms with Gasteiger partial charge in [0.25, 0.3) is 5.91 Å². The van der Waals surface area contributed by atoms with Crippen LogP contribution in [0.3, 0.4) is 0 Å². The first kappa shape index (κ1) is 23.9. The highest BCUT2D eigenvalue weighted by Crippen LogP contribution is 2.29. The van der Waals surface area contributed by atoms with E-state index in [1.165, 1.54) is 12.1 Å². The van der Waals surface area contributed by atoms with Crippen molar-refractivity contribution < 1.29 is 18.3 Å². The van der Waals surface area contributed by atoms with Gasteiger partial charge < -0.3 is 10.1 Å². The fourth-order valence-electron chi connectivity index (χ4n) is 3.39. The highest BCUT2D eigenvalue weighted by molar-refractivity contribution is 5.96. The van der Waals surface area contributed by atoms with Gasteiger partial charge in [-0.3, -0.25) is 9.78 Å². The minimum Gasteiger partial charge on any atom is -0.457 e. The molecule has 0 saturated carbocycles. The Hall–Kier alpha value is -3.80. The van der Waals surface area contributed by atoms with E-state index in [0.29, 0.717) is 28.2 Å². The molecule has 0 aliphatic heterocycles. The topological polar surface area (TPSA) is 51.2 Å². The number of pyridine rings is 1. The normalized spacial score (nSPS) is 10.8. The number of amides is 1. The van der Waals surface area contributed by atoms with Gasteiger partial charge >= 0.3 is 0 Å². The van der Waals surface area contributed by atoms with Crippen LogP contribution < -0.4 is 10.1 Å². The van der Waals surface area contributed by atoms with E-state index >= 15 is 0 Å². The van der Waals surface area contributed by atoms with E-state index < -0.39 is 11.6 Å². The van der Waals surface area contributed by atoms with Crippen LogP contribution in [-0.4, -0.2) is 10.9 Å². The zero-order chi connectivity index (χ0) is 24.0. The van der Waals surface area contributed by atoms with Crippen molar-refractivity contribution >= 4 is 11.5 Å². The standard InChI is InChI=1S/C27H26F2N2O2/c1-5-7-23(17(2)3)25-15-22(10-11-30-25)33-26-9-6-8-24(18(26)4)27(32)31-16-19-12-20(28)14-21(29)13-19/h5-15H,16H2,1-4H3,(H,31,32)/b7-5-. The Bertz CT molecular complexity index is 1210. The third-order valence-corrected chi connectivity index (χ3v) is 5.01. The lowest BCUT2D eigenvalue weighted by molar-refractivity contribution is 0.0950. The van der Waals surface area contributed by atoms with E-state index in [2.05, 4.69) is 10.3 Å². The summed E-state index contributed by atoms with van der Waals surface area (Å²) in [7, 11) is 0. The van der Waals surface area contributed by atoms with Gasteiger partial charge in [-0.25, -0.2) is 8.78 Å². The van der Waals surface area contributed by atoms with Gasteiger partial charge in [-0.1, -0.05) is 23.8 Å². The summed E-state index contributed by atoms with van der Waals surface area (Å²) in [4.78, 5) is 17.2. The summed E-state index contributed by atoms with van der Waals surface area (Å²) in [6.45, 7) is 7.79. The fourth-order valence-corrected chi connectivity index (χ4v) is 3.39. The van der Waals surface area contributed by atoms with Gasteiger partial charge in [0.15, 0.2) is 0 Å². The smallest absolute Gasteiger partial charge is 0.251 e. The van der Waals surface area contributed by atoms with Gasteiger partial charge in [0.05, 0.1) is 5.69 Å². The minimum atomic E-state index is -0.687. The highest BCUT2D eigenvalue weighted by Gasteiger charge is 2.14. The zero-order valence-corrected chi connectivity index (χ0v) is 19.1. The number of carbonyl (C=O) groups is 1. The van der Waals surface area contributed by atoms with Gasteiger partial charge in [-0.15, -0.1) is 0 Å². The predicted octanol–water partition coefficient (Wildman–Crippen LogP) is 6.76. The largest absolute Gasteiger partial charge is 0.457 e. The number of allylic oxidation sites excluding steroid dienone is 4. The quantitative estimate of drug-likeness (QED) is 0.406. The Morgan fingerprint density at radius 2 is 1.82 bits per heavy atom. The van der Waals surface area contributed by atoms with E-state index in [9.17, 15) is 13.6 Å². The first-order chi connectivity index (χ1) is 15.8.